The van der Waals surface area contributed by atoms with Gasteiger partial charge in [-0.2, -0.15) is 0 Å². The summed E-state index contributed by atoms with van der Waals surface area (Å²) in [6.07, 6.45) is 3.00. The van der Waals surface area contributed by atoms with Gasteiger partial charge in [-0.05, 0) is 62.2 Å². The van der Waals surface area contributed by atoms with E-state index in [2.05, 4.69) is 45.7 Å². The van der Waals surface area contributed by atoms with E-state index >= 15 is 0 Å². The van der Waals surface area contributed by atoms with E-state index in [0.717, 1.165) is 23.4 Å². The first-order valence-corrected chi connectivity index (χ1v) is 10.8. The van der Waals surface area contributed by atoms with Crippen LogP contribution in [0.5, 0.6) is 0 Å². The zero-order chi connectivity index (χ0) is 21.0. The molecule has 6 nitrogen and oxygen atoms in total. The fraction of sp³-hybridized carbons (Fsp3) is 0.364. The molecular formula is C22H28N4O2S. The van der Waals surface area contributed by atoms with E-state index in [1.54, 1.807) is 17.8 Å². The first-order chi connectivity index (χ1) is 13.9. The first kappa shape index (κ1) is 21.2. The molecule has 0 aromatic heterocycles. The maximum absolute atomic E-state index is 12.3. The van der Waals surface area contributed by atoms with Crippen molar-refractivity contribution in [2.75, 3.05) is 50.7 Å². The number of carbonyl (C=O) groups is 2. The molecule has 2 aromatic rings. The predicted octanol–water partition coefficient (Wildman–Crippen LogP) is 2.76. The topological polar surface area (TPSA) is 64.7 Å². The van der Waals surface area contributed by atoms with Gasteiger partial charge in [-0.3, -0.25) is 9.59 Å². The maximum atomic E-state index is 12.3. The number of thioether (sulfide) groups is 1. The summed E-state index contributed by atoms with van der Waals surface area (Å²) in [7, 11) is 6.05. The molecule has 2 aromatic carbocycles. The molecule has 0 aliphatic carbocycles. The lowest BCUT2D eigenvalue weighted by Crippen LogP contribution is -2.40. The van der Waals surface area contributed by atoms with Gasteiger partial charge < -0.3 is 20.4 Å². The minimum atomic E-state index is -0.656. The summed E-state index contributed by atoms with van der Waals surface area (Å²) in [6.45, 7) is 1.39. The Morgan fingerprint density at radius 2 is 1.97 bits per heavy atom. The summed E-state index contributed by atoms with van der Waals surface area (Å²) in [6, 6.07) is 13.9. The highest BCUT2D eigenvalue weighted by Crippen LogP contribution is 2.30. The largest absolute Gasteiger partial charge is 0.374 e. The molecule has 2 N–H and O–H groups in total. The van der Waals surface area contributed by atoms with Gasteiger partial charge in [0.2, 0.25) is 0 Å². The van der Waals surface area contributed by atoms with Crippen molar-refractivity contribution in [1.82, 2.24) is 10.2 Å². The van der Waals surface area contributed by atoms with Crippen LogP contribution in [-0.2, 0) is 16.0 Å². The molecule has 0 spiro atoms. The van der Waals surface area contributed by atoms with Gasteiger partial charge in [0.25, 0.3) is 0 Å². The Hall–Kier alpha value is -2.51. The Kier molecular flexibility index (Phi) is 6.82. The lowest BCUT2D eigenvalue weighted by atomic mass is 10.0. The first-order valence-electron chi connectivity index (χ1n) is 9.62. The SMILES string of the molecule is CSc1cccc(NC(=O)C(=O)NC[C@H](c2ccc3c(c2)CCN3C)N(C)C)c1. The van der Waals surface area contributed by atoms with Crippen molar-refractivity contribution in [3.63, 3.8) is 0 Å². The Bertz CT molecular complexity index is 900. The summed E-state index contributed by atoms with van der Waals surface area (Å²) in [5, 5.41) is 5.44. The minimum absolute atomic E-state index is 0.0113. The monoisotopic (exact) mass is 412 g/mol. The number of hydrogen-bond acceptors (Lipinski definition) is 5. The average molecular weight is 413 g/mol. The number of amides is 2. The lowest BCUT2D eigenvalue weighted by Gasteiger charge is -2.26. The average Bonchev–Trinajstić information content (AvgIpc) is 3.08. The lowest BCUT2D eigenvalue weighted by molar-refractivity contribution is -0.136. The molecule has 154 valence electrons. The Balaban J connectivity index is 1.63. The van der Waals surface area contributed by atoms with Gasteiger partial charge in [0.1, 0.15) is 0 Å². The van der Waals surface area contributed by atoms with Crippen molar-refractivity contribution in [3.8, 4) is 0 Å². The van der Waals surface area contributed by atoms with Crippen molar-refractivity contribution in [2.24, 2.45) is 0 Å². The molecule has 0 saturated heterocycles. The number of nitrogens with zero attached hydrogens (tertiary/aromatic N) is 2. The van der Waals surface area contributed by atoms with E-state index in [-0.39, 0.29) is 6.04 Å². The van der Waals surface area contributed by atoms with E-state index in [1.807, 2.05) is 38.6 Å². The Morgan fingerprint density at radius 3 is 2.69 bits per heavy atom. The molecule has 0 fully saturated rings. The molecule has 0 radical (unpaired) electrons. The summed E-state index contributed by atoms with van der Waals surface area (Å²) < 4.78 is 0. The second kappa shape index (κ2) is 9.33. The third-order valence-corrected chi connectivity index (χ3v) is 5.95. The number of fused-ring (bicyclic) bond motifs is 1. The second-order valence-electron chi connectivity index (χ2n) is 7.44. The van der Waals surface area contributed by atoms with Crippen molar-refractivity contribution < 1.29 is 9.59 Å². The highest BCUT2D eigenvalue weighted by Gasteiger charge is 2.22. The van der Waals surface area contributed by atoms with E-state index in [1.165, 1.54) is 11.3 Å². The fourth-order valence-electron chi connectivity index (χ4n) is 3.55. The molecule has 1 aliphatic heterocycles. The van der Waals surface area contributed by atoms with Crippen molar-refractivity contribution >= 4 is 35.0 Å². The molecule has 7 heteroatoms. The number of likely N-dealkylation sites (N-methyl/N-ethyl adjacent to an activating group) is 2. The van der Waals surface area contributed by atoms with Crippen LogP contribution in [0.1, 0.15) is 17.2 Å². The van der Waals surface area contributed by atoms with Gasteiger partial charge in [-0.15, -0.1) is 11.8 Å². The van der Waals surface area contributed by atoms with Gasteiger partial charge >= 0.3 is 11.8 Å². The molecule has 3 rings (SSSR count). The normalized spacial score (nSPS) is 13.9. The number of anilines is 2. The number of hydrogen-bond donors (Lipinski definition) is 2. The minimum Gasteiger partial charge on any atom is -0.374 e. The van der Waals surface area contributed by atoms with Crippen LogP contribution in [0.25, 0.3) is 0 Å². The van der Waals surface area contributed by atoms with Crippen molar-refractivity contribution in [2.45, 2.75) is 17.4 Å². The second-order valence-corrected chi connectivity index (χ2v) is 8.31. The molecule has 0 saturated carbocycles. The molecular weight excluding hydrogens is 384 g/mol. The smallest absolute Gasteiger partial charge is 0.313 e. The van der Waals surface area contributed by atoms with Crippen LogP contribution in [0.2, 0.25) is 0 Å². The fourth-order valence-corrected chi connectivity index (χ4v) is 4.01. The van der Waals surface area contributed by atoms with Gasteiger partial charge in [0.05, 0.1) is 6.04 Å². The highest BCUT2D eigenvalue weighted by atomic mass is 32.2. The number of rotatable bonds is 6. The van der Waals surface area contributed by atoms with E-state index in [0.29, 0.717) is 12.2 Å². The highest BCUT2D eigenvalue weighted by molar-refractivity contribution is 7.98. The molecule has 1 heterocycles. The van der Waals surface area contributed by atoms with Crippen LogP contribution in [0, 0.1) is 0 Å². The molecule has 0 unspecified atom stereocenters. The van der Waals surface area contributed by atoms with Crippen LogP contribution in [0.4, 0.5) is 11.4 Å². The molecule has 0 bridgehead atoms. The van der Waals surface area contributed by atoms with Crippen LogP contribution in [0.3, 0.4) is 0 Å². The summed E-state index contributed by atoms with van der Waals surface area (Å²) in [5.74, 6) is -1.29. The molecule has 29 heavy (non-hydrogen) atoms. The zero-order valence-corrected chi connectivity index (χ0v) is 18.2. The van der Waals surface area contributed by atoms with Crippen molar-refractivity contribution in [1.29, 1.82) is 0 Å². The van der Waals surface area contributed by atoms with Gasteiger partial charge in [-0.1, -0.05) is 18.2 Å². The van der Waals surface area contributed by atoms with Gasteiger partial charge in [-0.25, -0.2) is 0 Å². The standard InChI is InChI=1S/C22H28N4O2S/c1-25(2)20(15-8-9-19-16(12-15)10-11-26(19)3)14-23-21(27)22(28)24-17-6-5-7-18(13-17)29-4/h5-9,12-13,20H,10-11,14H2,1-4H3,(H,23,27)(H,24,28)/t20-/m1/s1. The van der Waals surface area contributed by atoms with E-state index in [4.69, 9.17) is 0 Å². The van der Waals surface area contributed by atoms with Crippen LogP contribution >= 0.6 is 11.8 Å². The van der Waals surface area contributed by atoms with Crippen molar-refractivity contribution in [3.05, 3.63) is 53.6 Å². The summed E-state index contributed by atoms with van der Waals surface area (Å²) >= 11 is 1.58. The quantitative estimate of drug-likeness (QED) is 0.564. The number of carbonyl (C=O) groups excluding carboxylic acids is 2. The third-order valence-electron chi connectivity index (χ3n) is 5.23. The predicted molar refractivity (Wildman–Crippen MR) is 120 cm³/mol. The van der Waals surface area contributed by atoms with Gasteiger partial charge in [0.15, 0.2) is 0 Å². The van der Waals surface area contributed by atoms with Crippen LogP contribution < -0.4 is 15.5 Å². The maximum Gasteiger partial charge on any atom is 0.313 e. The molecule has 1 aliphatic rings. The zero-order valence-electron chi connectivity index (χ0n) is 17.4. The Morgan fingerprint density at radius 1 is 1.17 bits per heavy atom. The number of benzene rings is 2. The van der Waals surface area contributed by atoms with Crippen LogP contribution in [-0.4, -0.2) is 57.2 Å². The Labute approximate surface area is 176 Å². The molecule has 1 atom stereocenters. The summed E-state index contributed by atoms with van der Waals surface area (Å²) in [4.78, 5) is 29.9. The van der Waals surface area contributed by atoms with E-state index in [9.17, 15) is 9.59 Å². The van der Waals surface area contributed by atoms with E-state index < -0.39 is 11.8 Å². The van der Waals surface area contributed by atoms with Crippen LogP contribution in [0.15, 0.2) is 47.4 Å². The third kappa shape index (κ3) is 5.10. The number of nitrogens with one attached hydrogen (secondary N) is 2. The molecule has 2 amide bonds. The van der Waals surface area contributed by atoms with Gasteiger partial charge in [0, 0.05) is 36.4 Å². The summed E-state index contributed by atoms with van der Waals surface area (Å²) in [5.41, 5.74) is 4.35.